The number of carbonyl (C=O) groups excluding carboxylic acids is 1. The zero-order chi connectivity index (χ0) is 12.8. The molecule has 0 aromatic heterocycles. The van der Waals surface area contributed by atoms with Gasteiger partial charge in [0.2, 0.25) is 5.91 Å². The molecule has 0 aromatic rings. The molecule has 1 amide bonds. The molecule has 0 aliphatic carbocycles. The van der Waals surface area contributed by atoms with E-state index >= 15 is 0 Å². The van der Waals surface area contributed by atoms with Crippen molar-refractivity contribution in [1.29, 1.82) is 0 Å². The molecule has 2 N–H and O–H groups in total. The van der Waals surface area contributed by atoms with Gasteiger partial charge in [-0.05, 0) is 57.3 Å². The van der Waals surface area contributed by atoms with Crippen molar-refractivity contribution in [3.63, 3.8) is 0 Å². The Morgan fingerprint density at radius 2 is 2.28 bits per heavy atom. The summed E-state index contributed by atoms with van der Waals surface area (Å²) in [6, 6.07) is 0. The number of likely N-dealkylation sites (tertiary alicyclic amines) is 1. The lowest BCUT2D eigenvalue weighted by Crippen LogP contribution is -2.31. The summed E-state index contributed by atoms with van der Waals surface area (Å²) in [5.74, 6) is 1.64. The van der Waals surface area contributed by atoms with Crippen LogP contribution in [0, 0.1) is 11.8 Å². The molecular weight excluding hydrogens is 226 g/mol. The van der Waals surface area contributed by atoms with Crippen LogP contribution in [0.1, 0.15) is 32.6 Å². The number of rotatable bonds is 6. The molecule has 2 aliphatic rings. The number of nitrogens with zero attached hydrogens (tertiary/aromatic N) is 1. The monoisotopic (exact) mass is 253 g/mol. The fraction of sp³-hybridized carbons (Fsp3) is 0.929. The van der Waals surface area contributed by atoms with Gasteiger partial charge in [-0.15, -0.1) is 0 Å². The number of carbonyl (C=O) groups is 1. The van der Waals surface area contributed by atoms with Gasteiger partial charge in [-0.3, -0.25) is 4.79 Å². The van der Waals surface area contributed by atoms with Gasteiger partial charge in [0.05, 0.1) is 0 Å². The van der Waals surface area contributed by atoms with E-state index in [1.54, 1.807) is 0 Å². The summed E-state index contributed by atoms with van der Waals surface area (Å²) in [6.07, 6.45) is 4.23. The SMILES string of the molecule is CCN1CCC(CNC(=O)CCC2CCNC2)C1. The minimum absolute atomic E-state index is 0.247. The van der Waals surface area contributed by atoms with Crippen molar-refractivity contribution in [1.82, 2.24) is 15.5 Å². The minimum Gasteiger partial charge on any atom is -0.356 e. The van der Waals surface area contributed by atoms with Crippen LogP contribution < -0.4 is 10.6 Å². The molecule has 4 nitrogen and oxygen atoms in total. The summed E-state index contributed by atoms with van der Waals surface area (Å²) in [5, 5.41) is 6.45. The summed E-state index contributed by atoms with van der Waals surface area (Å²) in [5.41, 5.74) is 0. The first-order valence-corrected chi connectivity index (χ1v) is 7.47. The van der Waals surface area contributed by atoms with Gasteiger partial charge in [-0.25, -0.2) is 0 Å². The summed E-state index contributed by atoms with van der Waals surface area (Å²) >= 11 is 0. The quantitative estimate of drug-likeness (QED) is 0.737. The van der Waals surface area contributed by atoms with Gasteiger partial charge < -0.3 is 15.5 Å². The third-order valence-corrected chi connectivity index (χ3v) is 4.35. The maximum Gasteiger partial charge on any atom is 0.220 e. The molecule has 0 spiro atoms. The van der Waals surface area contributed by atoms with Gasteiger partial charge >= 0.3 is 0 Å². The standard InChI is InChI=1S/C14H27N3O/c1-2-17-8-6-13(11-17)10-16-14(18)4-3-12-5-7-15-9-12/h12-13,15H,2-11H2,1H3,(H,16,18). The number of hydrogen-bond acceptors (Lipinski definition) is 3. The number of hydrogen-bond donors (Lipinski definition) is 2. The summed E-state index contributed by atoms with van der Waals surface area (Å²) in [4.78, 5) is 14.2. The van der Waals surface area contributed by atoms with Gasteiger partial charge in [-0.2, -0.15) is 0 Å². The molecule has 2 aliphatic heterocycles. The van der Waals surface area contributed by atoms with Gasteiger partial charge in [0.15, 0.2) is 0 Å². The van der Waals surface area contributed by atoms with E-state index in [2.05, 4.69) is 22.5 Å². The maximum atomic E-state index is 11.8. The van der Waals surface area contributed by atoms with Crippen molar-refractivity contribution in [3.8, 4) is 0 Å². The molecule has 2 saturated heterocycles. The predicted octanol–water partition coefficient (Wildman–Crippen LogP) is 0.834. The highest BCUT2D eigenvalue weighted by atomic mass is 16.1. The van der Waals surface area contributed by atoms with E-state index in [4.69, 9.17) is 0 Å². The normalized spacial score (nSPS) is 28.7. The summed E-state index contributed by atoms with van der Waals surface area (Å²) in [6.45, 7) is 8.80. The molecule has 0 saturated carbocycles. The molecule has 2 heterocycles. The van der Waals surface area contributed by atoms with Crippen LogP contribution in [-0.2, 0) is 4.79 Å². The van der Waals surface area contributed by atoms with Gasteiger partial charge in [0, 0.05) is 19.5 Å². The minimum atomic E-state index is 0.247. The first-order valence-electron chi connectivity index (χ1n) is 7.47. The Bertz CT molecular complexity index is 264. The molecule has 2 rings (SSSR count). The van der Waals surface area contributed by atoms with Crippen LogP contribution in [0.25, 0.3) is 0 Å². The van der Waals surface area contributed by atoms with Crippen LogP contribution >= 0.6 is 0 Å². The maximum absolute atomic E-state index is 11.8. The van der Waals surface area contributed by atoms with Crippen LogP contribution in [0.5, 0.6) is 0 Å². The lowest BCUT2D eigenvalue weighted by atomic mass is 10.0. The molecule has 4 heteroatoms. The Morgan fingerprint density at radius 1 is 1.39 bits per heavy atom. The molecule has 0 bridgehead atoms. The average Bonchev–Trinajstić information content (AvgIpc) is 3.04. The van der Waals surface area contributed by atoms with E-state index in [-0.39, 0.29) is 5.91 Å². The fourth-order valence-corrected chi connectivity index (χ4v) is 3.01. The topological polar surface area (TPSA) is 44.4 Å². The molecular formula is C14H27N3O. The first-order chi connectivity index (χ1) is 8.78. The average molecular weight is 253 g/mol. The van der Waals surface area contributed by atoms with Gasteiger partial charge in [-0.1, -0.05) is 6.92 Å². The lowest BCUT2D eigenvalue weighted by Gasteiger charge is -2.14. The fourth-order valence-electron chi connectivity index (χ4n) is 3.01. The second-order valence-electron chi connectivity index (χ2n) is 5.75. The van der Waals surface area contributed by atoms with E-state index in [1.165, 1.54) is 19.4 Å². The van der Waals surface area contributed by atoms with E-state index in [0.29, 0.717) is 12.3 Å². The first kappa shape index (κ1) is 13.8. The highest BCUT2D eigenvalue weighted by Crippen LogP contribution is 2.16. The molecule has 18 heavy (non-hydrogen) atoms. The molecule has 0 aromatic carbocycles. The van der Waals surface area contributed by atoms with E-state index in [0.717, 1.165) is 45.1 Å². The Kier molecular flexibility index (Phi) is 5.45. The molecule has 104 valence electrons. The van der Waals surface area contributed by atoms with Crippen molar-refractivity contribution in [2.75, 3.05) is 39.3 Å². The Hall–Kier alpha value is -0.610. The summed E-state index contributed by atoms with van der Waals surface area (Å²) in [7, 11) is 0. The largest absolute Gasteiger partial charge is 0.356 e. The van der Waals surface area contributed by atoms with Crippen molar-refractivity contribution < 1.29 is 4.79 Å². The van der Waals surface area contributed by atoms with E-state index in [1.807, 2.05) is 0 Å². The molecule has 2 unspecified atom stereocenters. The zero-order valence-electron chi connectivity index (χ0n) is 11.6. The van der Waals surface area contributed by atoms with Crippen LogP contribution in [0.4, 0.5) is 0 Å². The molecule has 2 atom stereocenters. The highest BCUT2D eigenvalue weighted by molar-refractivity contribution is 5.75. The second-order valence-corrected chi connectivity index (χ2v) is 5.75. The highest BCUT2D eigenvalue weighted by Gasteiger charge is 2.21. The van der Waals surface area contributed by atoms with Crippen LogP contribution in [0.3, 0.4) is 0 Å². The van der Waals surface area contributed by atoms with Crippen LogP contribution in [0.15, 0.2) is 0 Å². The Balaban J connectivity index is 1.54. The zero-order valence-corrected chi connectivity index (χ0v) is 11.6. The Morgan fingerprint density at radius 3 is 2.94 bits per heavy atom. The van der Waals surface area contributed by atoms with Crippen LogP contribution in [-0.4, -0.2) is 50.1 Å². The number of amides is 1. The van der Waals surface area contributed by atoms with Gasteiger partial charge in [0.25, 0.3) is 0 Å². The van der Waals surface area contributed by atoms with Crippen molar-refractivity contribution in [2.45, 2.75) is 32.6 Å². The second kappa shape index (κ2) is 7.10. The third kappa shape index (κ3) is 4.25. The molecule has 2 fully saturated rings. The van der Waals surface area contributed by atoms with Crippen LogP contribution in [0.2, 0.25) is 0 Å². The van der Waals surface area contributed by atoms with Crippen molar-refractivity contribution in [3.05, 3.63) is 0 Å². The van der Waals surface area contributed by atoms with E-state index in [9.17, 15) is 4.79 Å². The summed E-state index contributed by atoms with van der Waals surface area (Å²) < 4.78 is 0. The van der Waals surface area contributed by atoms with Gasteiger partial charge in [0.1, 0.15) is 0 Å². The van der Waals surface area contributed by atoms with Crippen molar-refractivity contribution >= 4 is 5.91 Å². The third-order valence-electron chi connectivity index (χ3n) is 4.35. The lowest BCUT2D eigenvalue weighted by molar-refractivity contribution is -0.121. The smallest absolute Gasteiger partial charge is 0.220 e. The van der Waals surface area contributed by atoms with E-state index < -0.39 is 0 Å². The molecule has 0 radical (unpaired) electrons. The predicted molar refractivity (Wildman–Crippen MR) is 73.4 cm³/mol. The van der Waals surface area contributed by atoms with Crippen molar-refractivity contribution in [2.24, 2.45) is 11.8 Å². The number of nitrogens with one attached hydrogen (secondary N) is 2. The Labute approximate surface area is 110 Å².